The van der Waals surface area contributed by atoms with Crippen molar-refractivity contribution >= 4 is 96.4 Å². The van der Waals surface area contributed by atoms with E-state index in [4.69, 9.17) is 44.4 Å². The number of amides is 2. The zero-order chi connectivity index (χ0) is 58.7. The zero-order valence-corrected chi connectivity index (χ0v) is 46.6. The summed E-state index contributed by atoms with van der Waals surface area (Å²) in [6.45, 7) is 11.0. The molecule has 4 aromatic heterocycles. The second-order valence-corrected chi connectivity index (χ2v) is 19.7. The van der Waals surface area contributed by atoms with Crippen LogP contribution in [0.3, 0.4) is 0 Å². The zero-order valence-electron chi connectivity index (χ0n) is 43.4. The molecule has 2 aliphatic heterocycles. The molecule has 0 saturated carbocycles. The number of carbonyl (C=O) groups excluding carboxylic acids is 2. The molecule has 1 N–H and O–H groups in total. The quantitative estimate of drug-likeness (QED) is 0.0525. The van der Waals surface area contributed by atoms with Gasteiger partial charge in [0.1, 0.15) is 29.0 Å². The number of thiocarbonyl (C=S) groups is 2. The van der Waals surface area contributed by atoms with Gasteiger partial charge in [0, 0.05) is 31.9 Å². The number of hydrogen-bond donors (Lipinski definition) is 1. The van der Waals surface area contributed by atoms with Crippen LogP contribution in [0, 0.1) is 22.7 Å². The molecule has 0 radical (unpaired) electrons. The highest BCUT2D eigenvalue weighted by Gasteiger charge is 2.52. The summed E-state index contributed by atoms with van der Waals surface area (Å²) in [4.78, 5) is 66.5. The van der Waals surface area contributed by atoms with Gasteiger partial charge in [-0.15, -0.1) is 0 Å². The van der Waals surface area contributed by atoms with Crippen molar-refractivity contribution in [1.29, 1.82) is 10.5 Å². The molecule has 0 unspecified atom stereocenters. The molecule has 0 atom stereocenters. The van der Waals surface area contributed by atoms with Crippen LogP contribution in [0.1, 0.15) is 75.2 Å². The van der Waals surface area contributed by atoms with Crippen LogP contribution in [0.2, 0.25) is 0 Å². The Kier molecular flexibility index (Phi) is 18.3. The fraction of sp³-hybridized carbons (Fsp3) is 0.346. The Labute approximate surface area is 466 Å². The maximum Gasteiger partial charge on any atom is 0.417 e. The van der Waals surface area contributed by atoms with Gasteiger partial charge in [0.15, 0.2) is 10.2 Å². The van der Waals surface area contributed by atoms with Crippen LogP contribution in [-0.2, 0) is 44.3 Å². The van der Waals surface area contributed by atoms with Crippen LogP contribution in [0.5, 0.6) is 11.5 Å². The number of anilines is 4. The van der Waals surface area contributed by atoms with Crippen molar-refractivity contribution in [3.8, 4) is 23.6 Å². The van der Waals surface area contributed by atoms with Gasteiger partial charge in [-0.25, -0.2) is 9.97 Å². The Bertz CT molecular complexity index is 3610. The average Bonchev–Trinajstić information content (AvgIpc) is 3.99. The number of nitrogens with zero attached hydrogens (tertiary/aromatic N) is 10. The van der Waals surface area contributed by atoms with Gasteiger partial charge < -0.3 is 29.1 Å². The SMILES string of the molecule is CCc1nc2ccc(N3C(=S)N(c4ccc(C#N)c(C(F)(F)F)c4)C(=O)C3(C)C)cn2c(=O)c1O.CCc1nc2ccc(N3C(=S)N(c4ccc(C#N)c(C(F)(F)F)c4)C(=O)C3(C)C)cn2c(=O)c1OCCOC.COCCBr. The van der Waals surface area contributed by atoms with E-state index in [0.717, 1.165) is 44.3 Å². The summed E-state index contributed by atoms with van der Waals surface area (Å²) in [5.41, 5.74) is -5.67. The van der Waals surface area contributed by atoms with Crippen molar-refractivity contribution in [3.63, 3.8) is 0 Å². The van der Waals surface area contributed by atoms with Crippen LogP contribution in [0.4, 0.5) is 49.1 Å². The monoisotopic (exact) mass is 1200 g/mol. The molecule has 2 fully saturated rings. The predicted octanol–water partition coefficient (Wildman–Crippen LogP) is 8.89. The minimum atomic E-state index is -4.81. The van der Waals surface area contributed by atoms with E-state index in [-0.39, 0.29) is 51.9 Å². The maximum absolute atomic E-state index is 13.6. The van der Waals surface area contributed by atoms with E-state index in [2.05, 4.69) is 30.6 Å². The van der Waals surface area contributed by atoms with E-state index in [1.165, 1.54) is 64.0 Å². The molecular weight excluding hydrogens is 1150 g/mol. The number of benzene rings is 2. The normalized spacial score (nSPS) is 15.0. The summed E-state index contributed by atoms with van der Waals surface area (Å²) in [7, 11) is 3.19. The van der Waals surface area contributed by atoms with E-state index in [9.17, 15) is 50.6 Å². The highest BCUT2D eigenvalue weighted by molar-refractivity contribution is 9.09. The molecule has 18 nitrogen and oxygen atoms in total. The van der Waals surface area contributed by atoms with Crippen LogP contribution in [-0.4, -0.2) is 96.4 Å². The molecule has 2 aromatic carbocycles. The van der Waals surface area contributed by atoms with E-state index in [0.29, 0.717) is 41.6 Å². The first kappa shape index (κ1) is 60.7. The highest BCUT2D eigenvalue weighted by atomic mass is 79.9. The second kappa shape index (κ2) is 23.8. The van der Waals surface area contributed by atoms with Crippen molar-refractivity contribution in [2.24, 2.45) is 0 Å². The number of aryl methyl sites for hydroxylation is 2. The first-order chi connectivity index (χ1) is 37.1. The lowest BCUT2D eigenvalue weighted by atomic mass is 10.0. The number of fused-ring (bicyclic) bond motifs is 2. The van der Waals surface area contributed by atoms with Gasteiger partial charge in [-0.05, 0) is 126 Å². The molecule has 8 rings (SSSR count). The van der Waals surface area contributed by atoms with Crippen LogP contribution in [0.25, 0.3) is 11.3 Å². The van der Waals surface area contributed by atoms with Crippen molar-refractivity contribution < 1.29 is 55.2 Å². The molecule has 79 heavy (non-hydrogen) atoms. The molecule has 2 aliphatic rings. The number of aromatic hydroxyl groups is 1. The van der Waals surface area contributed by atoms with Crippen molar-refractivity contribution in [2.75, 3.05) is 59.0 Å². The van der Waals surface area contributed by atoms with Gasteiger partial charge in [0.05, 0.1) is 81.7 Å². The molecule has 2 amide bonds. The number of aromatic nitrogens is 4. The van der Waals surface area contributed by atoms with Gasteiger partial charge >= 0.3 is 17.9 Å². The third kappa shape index (κ3) is 11.8. The highest BCUT2D eigenvalue weighted by Crippen LogP contribution is 2.42. The standard InChI is InChI=1S/C26H24F3N5O4S.C23H18F3N5O3S.C3H7BrO/c1-5-19-21(38-11-10-37-4)22(35)32-14-17(8-9-20(32)31-19)34-24(39)33(23(36)25(34,2)3)16-7-6-15(13-30)18(12-16)26(27,28)29;1-4-16-18(32)19(33)29-11-14(7-8-17(29)28-16)31-21(35)30(20(34)22(31,2)3)13-6-5-12(10-27)15(9-13)23(24,25)26;1-5-3-2-4/h6-9,12,14H,5,10-11H2,1-4H3;5-9,11,32H,4H2,1-3H3;2-3H2,1H3. The molecule has 0 spiro atoms. The van der Waals surface area contributed by atoms with Crippen LogP contribution in [0.15, 0.2) is 82.6 Å². The van der Waals surface area contributed by atoms with E-state index in [1.54, 1.807) is 59.9 Å². The van der Waals surface area contributed by atoms with E-state index in [1.807, 2.05) is 6.92 Å². The van der Waals surface area contributed by atoms with Gasteiger partial charge in [0.25, 0.3) is 17.4 Å². The summed E-state index contributed by atoms with van der Waals surface area (Å²) < 4.78 is 99.0. The number of methoxy groups -OCH3 is 2. The summed E-state index contributed by atoms with van der Waals surface area (Å²) in [6.07, 6.45) is -6.02. The fourth-order valence-corrected chi connectivity index (χ4v) is 9.81. The summed E-state index contributed by atoms with van der Waals surface area (Å²) in [5.74, 6) is -1.61. The number of rotatable bonds is 12. The Balaban J connectivity index is 0.000000236. The summed E-state index contributed by atoms with van der Waals surface area (Å²) >= 11 is 14.3. The van der Waals surface area contributed by atoms with E-state index >= 15 is 0 Å². The van der Waals surface area contributed by atoms with E-state index < -0.39 is 74.4 Å². The minimum Gasteiger partial charge on any atom is -0.502 e. The Morgan fingerprint density at radius 1 is 0.633 bits per heavy atom. The first-order valence-electron chi connectivity index (χ1n) is 23.7. The number of hydrogen-bond acceptors (Lipinski definition) is 14. The number of pyridine rings is 2. The number of halogens is 7. The summed E-state index contributed by atoms with van der Waals surface area (Å²) in [6, 6.07) is 15.2. The number of ether oxygens (including phenoxy) is 3. The lowest BCUT2D eigenvalue weighted by Gasteiger charge is -2.29. The number of alkyl halides is 7. The molecule has 0 aliphatic carbocycles. The van der Waals surface area contributed by atoms with Crippen molar-refractivity contribution in [1.82, 2.24) is 18.8 Å². The largest absolute Gasteiger partial charge is 0.502 e. The molecule has 6 heterocycles. The third-order valence-corrected chi connectivity index (χ3v) is 13.5. The average molecular weight is 1200 g/mol. The van der Waals surface area contributed by atoms with Gasteiger partial charge in [-0.1, -0.05) is 29.8 Å². The predicted molar refractivity (Wildman–Crippen MR) is 292 cm³/mol. The van der Waals surface area contributed by atoms with Crippen LogP contribution < -0.4 is 35.5 Å². The Hall–Kier alpha value is -7.56. The first-order valence-corrected chi connectivity index (χ1v) is 25.6. The lowest BCUT2D eigenvalue weighted by molar-refractivity contribution is -0.138. The lowest BCUT2D eigenvalue weighted by Crippen LogP contribution is -2.44. The smallest absolute Gasteiger partial charge is 0.417 e. The molecule has 6 aromatic rings. The third-order valence-electron chi connectivity index (χ3n) is 12.4. The number of carbonyl (C=O) groups is 2. The second-order valence-electron chi connectivity index (χ2n) is 18.2. The molecule has 2 saturated heterocycles. The van der Waals surface area contributed by atoms with Crippen molar-refractivity contribution in [2.45, 2.75) is 77.8 Å². The maximum atomic E-state index is 13.6. The molecular formula is C52H49BrF6N10O8S2. The number of nitriles is 2. The van der Waals surface area contributed by atoms with Crippen molar-refractivity contribution in [3.05, 3.63) is 127 Å². The molecule has 416 valence electrons. The topological polar surface area (TPSA) is 211 Å². The van der Waals surface area contributed by atoms with Gasteiger partial charge in [-0.3, -0.25) is 37.8 Å². The van der Waals surface area contributed by atoms with Gasteiger partial charge in [-0.2, -0.15) is 36.9 Å². The Morgan fingerprint density at radius 2 is 1.04 bits per heavy atom. The molecule has 27 heteroatoms. The van der Waals surface area contributed by atoms with Gasteiger partial charge in [0.2, 0.25) is 11.5 Å². The summed E-state index contributed by atoms with van der Waals surface area (Å²) in [5, 5.41) is 29.1. The minimum absolute atomic E-state index is 0.0717. The Morgan fingerprint density at radius 3 is 1.41 bits per heavy atom. The molecule has 0 bridgehead atoms. The van der Waals surface area contributed by atoms with Crippen LogP contribution >= 0.6 is 40.4 Å². The fourth-order valence-electron chi connectivity index (χ4n) is 8.44.